The molecule has 1 aromatic carbocycles. The van der Waals surface area contributed by atoms with Crippen LogP contribution in [0.15, 0.2) is 23.1 Å². The van der Waals surface area contributed by atoms with Gasteiger partial charge in [-0.3, -0.25) is 9.69 Å². The van der Waals surface area contributed by atoms with Crippen molar-refractivity contribution in [3.8, 4) is 5.75 Å². The van der Waals surface area contributed by atoms with Crippen molar-refractivity contribution in [3.63, 3.8) is 0 Å². The zero-order valence-corrected chi connectivity index (χ0v) is 16.7. The Hall–Kier alpha value is -0.600. The normalized spacial score (nSPS) is 21.3. The molecule has 0 spiro atoms. The lowest BCUT2D eigenvalue weighted by molar-refractivity contribution is -0.124. The molecule has 0 aromatic heterocycles. The van der Waals surface area contributed by atoms with Crippen LogP contribution >= 0.6 is 46.6 Å². The van der Waals surface area contributed by atoms with Gasteiger partial charge in [0.15, 0.2) is 0 Å². The Morgan fingerprint density at radius 1 is 1.35 bits per heavy atom. The van der Waals surface area contributed by atoms with Crippen LogP contribution in [0.25, 0.3) is 6.08 Å². The quantitative estimate of drug-likeness (QED) is 0.368. The number of thioether (sulfide) groups is 1. The van der Waals surface area contributed by atoms with Crippen LogP contribution in [-0.2, 0) is 4.79 Å². The molecule has 122 valence electrons. The molecule has 1 saturated carbocycles. The van der Waals surface area contributed by atoms with Gasteiger partial charge in [-0.15, -0.1) is 0 Å². The number of carbonyl (C=O) groups excluding carboxylic acids is 1. The zero-order valence-electron chi connectivity index (χ0n) is 12.9. The summed E-state index contributed by atoms with van der Waals surface area (Å²) in [7, 11) is 1.66. The summed E-state index contributed by atoms with van der Waals surface area (Å²) < 4.78 is 7.01. The first-order chi connectivity index (χ1) is 11.1. The minimum absolute atomic E-state index is 0.0673. The summed E-state index contributed by atoms with van der Waals surface area (Å²) in [5.41, 5.74) is 0.999. The molecule has 0 radical (unpaired) electrons. The minimum Gasteiger partial charge on any atom is -0.496 e. The van der Waals surface area contributed by atoms with Crippen molar-refractivity contribution < 1.29 is 9.53 Å². The fraction of sp³-hybridized carbons (Fsp3) is 0.412. The number of nitrogens with zero attached hydrogens (tertiary/aromatic N) is 1. The lowest BCUT2D eigenvalue weighted by Gasteiger charge is -2.29. The fourth-order valence-corrected chi connectivity index (χ4v) is 5.22. The summed E-state index contributed by atoms with van der Waals surface area (Å²) in [6.45, 7) is 0. The topological polar surface area (TPSA) is 29.5 Å². The molecule has 2 fully saturated rings. The van der Waals surface area contributed by atoms with Gasteiger partial charge in [-0.05, 0) is 59.2 Å². The van der Waals surface area contributed by atoms with Crippen molar-refractivity contribution in [3.05, 3.63) is 32.2 Å². The van der Waals surface area contributed by atoms with E-state index in [4.69, 9.17) is 17.0 Å². The first kappa shape index (κ1) is 17.2. The summed E-state index contributed by atoms with van der Waals surface area (Å²) in [6, 6.07) is 6.20. The molecule has 1 aliphatic heterocycles. The molecule has 3 nitrogen and oxygen atoms in total. The molecule has 6 heteroatoms. The highest BCUT2D eigenvalue weighted by Gasteiger charge is 2.37. The summed E-state index contributed by atoms with van der Waals surface area (Å²) >= 11 is 9.12. The number of ether oxygens (including phenoxy) is 1. The number of hydrogen-bond acceptors (Lipinski definition) is 4. The molecule has 1 saturated heterocycles. The Morgan fingerprint density at radius 2 is 2.09 bits per heavy atom. The van der Waals surface area contributed by atoms with Crippen molar-refractivity contribution in [2.45, 2.75) is 38.1 Å². The third-order valence-electron chi connectivity index (χ3n) is 4.24. The largest absolute Gasteiger partial charge is 0.496 e. The van der Waals surface area contributed by atoms with Crippen LogP contribution in [0.2, 0.25) is 0 Å². The number of benzene rings is 1. The SMILES string of the molecule is COc1ccc(/C=C2/SC(=S)N(C3CCCCC3)C2=O)cc1I. The van der Waals surface area contributed by atoms with Gasteiger partial charge >= 0.3 is 0 Å². The highest BCUT2D eigenvalue weighted by Crippen LogP contribution is 2.37. The Morgan fingerprint density at radius 3 is 2.74 bits per heavy atom. The van der Waals surface area contributed by atoms with Gasteiger partial charge in [-0.2, -0.15) is 0 Å². The van der Waals surface area contributed by atoms with Gasteiger partial charge in [0.1, 0.15) is 10.1 Å². The van der Waals surface area contributed by atoms with Crippen LogP contribution in [0, 0.1) is 3.57 Å². The van der Waals surface area contributed by atoms with Crippen molar-refractivity contribution >= 4 is 62.9 Å². The predicted molar refractivity (Wildman–Crippen MR) is 108 cm³/mol. The Kier molecular flexibility index (Phi) is 5.64. The Bertz CT molecular complexity index is 669. The Labute approximate surface area is 160 Å². The summed E-state index contributed by atoms with van der Waals surface area (Å²) in [5, 5.41) is 0. The van der Waals surface area contributed by atoms with E-state index in [1.807, 2.05) is 29.2 Å². The second kappa shape index (κ2) is 7.53. The zero-order chi connectivity index (χ0) is 16.4. The number of amides is 1. The maximum Gasteiger partial charge on any atom is 0.266 e. The van der Waals surface area contributed by atoms with Crippen LogP contribution in [-0.4, -0.2) is 28.3 Å². The van der Waals surface area contributed by atoms with Crippen LogP contribution in [0.1, 0.15) is 37.7 Å². The second-order valence-corrected chi connectivity index (χ2v) is 8.58. The monoisotopic (exact) mass is 459 g/mol. The van der Waals surface area contributed by atoms with Crippen LogP contribution < -0.4 is 4.74 Å². The van der Waals surface area contributed by atoms with Crippen molar-refractivity contribution in [2.24, 2.45) is 0 Å². The molecule has 1 aromatic rings. The van der Waals surface area contributed by atoms with Crippen molar-refractivity contribution in [1.29, 1.82) is 0 Å². The molecule has 0 N–H and O–H groups in total. The first-order valence-corrected chi connectivity index (χ1v) is 10.0. The number of thiocarbonyl (C=S) groups is 1. The number of methoxy groups -OCH3 is 1. The average Bonchev–Trinajstić information content (AvgIpc) is 2.82. The third kappa shape index (κ3) is 3.74. The predicted octanol–water partition coefficient (Wildman–Crippen LogP) is 4.83. The smallest absolute Gasteiger partial charge is 0.266 e. The molecule has 0 atom stereocenters. The number of rotatable bonds is 3. The van der Waals surface area contributed by atoms with Crippen LogP contribution in [0.4, 0.5) is 0 Å². The van der Waals surface area contributed by atoms with Crippen LogP contribution in [0.3, 0.4) is 0 Å². The molecule has 3 rings (SSSR count). The summed E-state index contributed by atoms with van der Waals surface area (Å²) in [6.07, 6.45) is 7.73. The van der Waals surface area contributed by atoms with Gasteiger partial charge < -0.3 is 4.74 Å². The third-order valence-corrected chi connectivity index (χ3v) is 6.41. The van der Waals surface area contributed by atoms with Crippen LogP contribution in [0.5, 0.6) is 5.75 Å². The minimum atomic E-state index is 0.0673. The average molecular weight is 459 g/mol. The van der Waals surface area contributed by atoms with E-state index >= 15 is 0 Å². The molecular weight excluding hydrogens is 441 g/mol. The van der Waals surface area contributed by atoms with E-state index in [9.17, 15) is 4.79 Å². The number of carbonyl (C=O) groups is 1. The first-order valence-electron chi connectivity index (χ1n) is 7.71. The van der Waals surface area contributed by atoms with Crippen molar-refractivity contribution in [1.82, 2.24) is 4.90 Å². The molecular formula is C17H18INO2S2. The molecule has 0 bridgehead atoms. The van der Waals surface area contributed by atoms with E-state index in [1.165, 1.54) is 31.0 Å². The molecule has 1 heterocycles. The molecule has 1 aliphatic carbocycles. The second-order valence-electron chi connectivity index (χ2n) is 5.74. The lowest BCUT2D eigenvalue weighted by atomic mass is 9.94. The Balaban J connectivity index is 1.82. The molecule has 2 aliphatic rings. The van der Waals surface area contributed by atoms with E-state index in [0.29, 0.717) is 4.32 Å². The number of halogens is 1. The van der Waals surface area contributed by atoms with E-state index in [1.54, 1.807) is 7.11 Å². The van der Waals surface area contributed by atoms with Crippen molar-refractivity contribution in [2.75, 3.05) is 7.11 Å². The van der Waals surface area contributed by atoms with E-state index < -0.39 is 0 Å². The van der Waals surface area contributed by atoms with E-state index in [0.717, 1.165) is 32.6 Å². The van der Waals surface area contributed by atoms with Gasteiger partial charge in [0.05, 0.1) is 15.6 Å². The molecule has 0 unspecified atom stereocenters. The molecule has 1 amide bonds. The van der Waals surface area contributed by atoms with Gasteiger partial charge in [0, 0.05) is 6.04 Å². The summed E-state index contributed by atoms with van der Waals surface area (Å²) in [5.74, 6) is 0.912. The van der Waals surface area contributed by atoms with E-state index in [-0.39, 0.29) is 11.9 Å². The van der Waals surface area contributed by atoms with Gasteiger partial charge in [0.25, 0.3) is 5.91 Å². The number of hydrogen-bond donors (Lipinski definition) is 0. The molecule has 23 heavy (non-hydrogen) atoms. The lowest BCUT2D eigenvalue weighted by Crippen LogP contribution is -2.39. The van der Waals surface area contributed by atoms with Gasteiger partial charge in [0.2, 0.25) is 0 Å². The highest BCUT2D eigenvalue weighted by molar-refractivity contribution is 14.1. The van der Waals surface area contributed by atoms with Gasteiger partial charge in [-0.1, -0.05) is 49.3 Å². The maximum atomic E-state index is 12.8. The van der Waals surface area contributed by atoms with Gasteiger partial charge in [-0.25, -0.2) is 0 Å². The highest BCUT2D eigenvalue weighted by atomic mass is 127. The fourth-order valence-electron chi connectivity index (χ4n) is 3.06. The van der Waals surface area contributed by atoms with E-state index in [2.05, 4.69) is 22.6 Å². The standard InChI is InChI=1S/C17H18INO2S2/c1-21-14-8-7-11(9-13(14)18)10-15-16(20)19(17(22)23-15)12-5-3-2-4-6-12/h7-10,12H,2-6H2,1H3/b15-10+. The summed E-state index contributed by atoms with van der Waals surface area (Å²) in [4.78, 5) is 15.3. The maximum absolute atomic E-state index is 12.8.